The van der Waals surface area contributed by atoms with Crippen molar-refractivity contribution < 1.29 is 73.2 Å². The van der Waals surface area contributed by atoms with E-state index < -0.39 is 176 Å². The van der Waals surface area contributed by atoms with Gasteiger partial charge in [-0.1, -0.05) is 27.2 Å². The number of H-pyrrole nitrogens is 1. The number of carboxylic acids is 1. The lowest BCUT2D eigenvalue weighted by molar-refractivity contribution is -0.146. The Hall–Kier alpha value is -6.02. The van der Waals surface area contributed by atoms with E-state index in [1.165, 1.54) is 25.1 Å². The summed E-state index contributed by atoms with van der Waals surface area (Å²) in [6.07, 6.45) is -4.74. The Bertz CT molecular complexity index is 2150. The van der Waals surface area contributed by atoms with Gasteiger partial charge in [-0.3, -0.25) is 43.2 Å². The largest absolute Gasteiger partial charge is 0.610 e. The second kappa shape index (κ2) is 21.1. The molecule has 0 spiro atoms. The summed E-state index contributed by atoms with van der Waals surface area (Å²) in [5.74, 6) is -12.9. The van der Waals surface area contributed by atoms with Gasteiger partial charge in [0.05, 0.1) is 43.8 Å². The summed E-state index contributed by atoms with van der Waals surface area (Å²) < 4.78 is 14.5. The third-order valence-corrected chi connectivity index (χ3v) is 12.9. The number of phenols is 1. The minimum Gasteiger partial charge on any atom is -0.610 e. The Labute approximate surface area is 368 Å². The van der Waals surface area contributed by atoms with Gasteiger partial charge >= 0.3 is 5.97 Å². The van der Waals surface area contributed by atoms with Crippen LogP contribution in [0.1, 0.15) is 45.6 Å². The van der Waals surface area contributed by atoms with Crippen LogP contribution in [0.4, 0.5) is 0 Å². The summed E-state index contributed by atoms with van der Waals surface area (Å²) in [5.41, 5.74) is 0.220. The Balaban J connectivity index is 1.73. The van der Waals surface area contributed by atoms with Gasteiger partial charge in [0.2, 0.25) is 52.3 Å². The van der Waals surface area contributed by atoms with Crippen LogP contribution in [-0.4, -0.2) is 174 Å². The van der Waals surface area contributed by atoms with Crippen molar-refractivity contribution in [2.45, 2.75) is 99.9 Å². The molecular formula is C39H53N9O15S. The molecule has 3 aliphatic heterocycles. The zero-order chi connectivity index (χ0) is 47.2. The average molecular weight is 920 g/mol. The summed E-state index contributed by atoms with van der Waals surface area (Å²) in [6, 6.07) is -6.28. The maximum Gasteiger partial charge on any atom is 0.305 e. The SMILES string of the molecule is CC[C@H](C)[C@@H]1NC(=O)CNC(=O)[C@H]2Cc3c([nH]c4cc(O)ccc34)[S@+]([O-])CC(NC(=O)CNC1=O)C(=O)N[C@@H](CC(=O)O)C(=O)N1CC(O)C[C@H]1C(=O)N[C@@H]([C@@H](C)[C@@H](O)CO)C(=O)N2. The van der Waals surface area contributed by atoms with Crippen LogP contribution in [-0.2, 0) is 60.7 Å². The van der Waals surface area contributed by atoms with Crippen LogP contribution < -0.4 is 37.2 Å². The number of aromatic nitrogens is 1. The number of phenolic OH excluding ortho intramolecular Hbond substituents is 1. The second-order valence-electron chi connectivity index (χ2n) is 16.1. The van der Waals surface area contributed by atoms with E-state index in [9.17, 15) is 73.2 Å². The highest BCUT2D eigenvalue weighted by molar-refractivity contribution is 7.91. The molecule has 25 heteroatoms. The number of nitrogens with zero attached hydrogens (tertiary/aromatic N) is 1. The molecule has 0 saturated carbocycles. The van der Waals surface area contributed by atoms with Crippen LogP contribution in [0.2, 0.25) is 0 Å². The van der Waals surface area contributed by atoms with Gasteiger partial charge in [-0.2, -0.15) is 0 Å². The van der Waals surface area contributed by atoms with Gasteiger partial charge in [0.25, 0.3) is 0 Å². The predicted molar refractivity (Wildman–Crippen MR) is 221 cm³/mol. The quantitative estimate of drug-likeness (QED) is 0.115. The number of hydrogen-bond acceptors (Lipinski definition) is 14. The number of carbonyl (C=O) groups is 9. The first-order valence-electron chi connectivity index (χ1n) is 20.5. The zero-order valence-electron chi connectivity index (χ0n) is 35.0. The molecule has 0 aliphatic carbocycles. The van der Waals surface area contributed by atoms with Crippen molar-refractivity contribution in [2.24, 2.45) is 11.8 Å². The fourth-order valence-electron chi connectivity index (χ4n) is 7.67. The fourth-order valence-corrected chi connectivity index (χ4v) is 9.07. The van der Waals surface area contributed by atoms with Crippen LogP contribution in [0.25, 0.3) is 10.9 Å². The molecule has 5 rings (SSSR count). The van der Waals surface area contributed by atoms with Gasteiger partial charge in [-0.05, 0) is 18.1 Å². The number of aliphatic hydroxyl groups excluding tert-OH is 3. The van der Waals surface area contributed by atoms with Crippen LogP contribution in [0.3, 0.4) is 0 Å². The second-order valence-corrected chi connectivity index (χ2v) is 17.5. The highest BCUT2D eigenvalue weighted by atomic mass is 32.2. The lowest BCUT2D eigenvalue weighted by Gasteiger charge is -2.32. The lowest BCUT2D eigenvalue weighted by atomic mass is 9.93. The summed E-state index contributed by atoms with van der Waals surface area (Å²) in [5, 5.41) is 68.3. The van der Waals surface area contributed by atoms with Crippen molar-refractivity contribution in [2.75, 3.05) is 32.0 Å². The Morgan fingerprint density at radius 1 is 0.875 bits per heavy atom. The number of amides is 8. The first kappa shape index (κ1) is 49.0. The van der Waals surface area contributed by atoms with Gasteiger partial charge in [-0.25, -0.2) is 0 Å². The minimum absolute atomic E-state index is 0.0635. The number of fused-ring (bicyclic) bond motifs is 5. The molecule has 1 aromatic carbocycles. The number of benzene rings is 1. The normalized spacial score (nSPS) is 28.5. The molecule has 0 radical (unpaired) electrons. The number of aromatic amines is 1. The van der Waals surface area contributed by atoms with Crippen molar-refractivity contribution in [1.29, 1.82) is 0 Å². The Morgan fingerprint density at radius 2 is 1.55 bits per heavy atom. The first-order chi connectivity index (χ1) is 30.2. The molecule has 11 atom stereocenters. The molecular weight excluding hydrogens is 867 g/mol. The molecule has 4 heterocycles. The Morgan fingerprint density at radius 3 is 2.20 bits per heavy atom. The first-order valence-corrected chi connectivity index (χ1v) is 21.8. The van der Waals surface area contributed by atoms with E-state index in [-0.39, 0.29) is 27.2 Å². The van der Waals surface area contributed by atoms with E-state index in [2.05, 4.69) is 42.2 Å². The summed E-state index contributed by atoms with van der Waals surface area (Å²) in [4.78, 5) is 127. The molecule has 1 saturated heterocycles. The smallest absolute Gasteiger partial charge is 0.305 e. The number of aliphatic carboxylic acids is 1. The number of carboxylic acid groups (broad SMARTS) is 1. The van der Waals surface area contributed by atoms with Crippen LogP contribution in [0, 0.1) is 11.8 Å². The maximum absolute atomic E-state index is 14.5. The van der Waals surface area contributed by atoms with Crippen LogP contribution in [0.5, 0.6) is 5.75 Å². The molecule has 24 nitrogen and oxygen atoms in total. The number of nitrogens with one attached hydrogen (secondary N) is 8. The van der Waals surface area contributed by atoms with Crippen LogP contribution in [0.15, 0.2) is 23.2 Å². The molecule has 350 valence electrons. The minimum atomic E-state index is -2.41. The lowest BCUT2D eigenvalue weighted by Crippen LogP contribution is -2.62. The molecule has 2 aromatic rings. The van der Waals surface area contributed by atoms with Gasteiger partial charge in [0.1, 0.15) is 41.7 Å². The molecule has 3 aliphatic rings. The van der Waals surface area contributed by atoms with E-state index in [0.29, 0.717) is 6.42 Å². The van der Waals surface area contributed by atoms with E-state index >= 15 is 0 Å². The average Bonchev–Trinajstić information content (AvgIpc) is 3.82. The highest BCUT2D eigenvalue weighted by Crippen LogP contribution is 2.31. The van der Waals surface area contributed by atoms with E-state index in [1.807, 2.05) is 0 Å². The number of hydrogen-bond donors (Lipinski definition) is 13. The standard InChI is InChI=1S/C39H53N9O15S/c1-4-16(2)31-36(60)41-11-28(53)42-25-15-64(63)38-21(20-6-5-18(50)7-22(20)45-38)9-23(33(57)40-12-29(54)46-31)43-37(61)32(17(3)27(52)14-49)47-35(59)26-8-19(51)13-48(26)39(62)24(10-30(55)56)44-34(25)58/h5-7,16-17,19,23-27,31-32,45,49-52H,4,8-15H2,1-3H3,(H,40,57)(H,41,60)(H,42,53)(H,43,61)(H,44,58)(H,46,54)(H,47,59)(H,55,56)/t16-,17-,19?,23+,24-,25?,26-,27-,31-,32-,64+/m0/s1. The predicted octanol–water partition coefficient (Wildman–Crippen LogP) is -5.32. The maximum atomic E-state index is 14.5. The topological polar surface area (TPSA) is 381 Å². The molecule has 8 amide bonds. The number of carbonyl (C=O) groups excluding carboxylic acids is 8. The van der Waals surface area contributed by atoms with Gasteiger partial charge in [0.15, 0.2) is 6.04 Å². The number of aromatic hydroxyl groups is 1. The van der Waals surface area contributed by atoms with E-state index in [0.717, 1.165) is 4.90 Å². The third kappa shape index (κ3) is 11.6. The van der Waals surface area contributed by atoms with Gasteiger partial charge in [0, 0.05) is 53.5 Å². The summed E-state index contributed by atoms with van der Waals surface area (Å²) in [7, 11) is 0. The van der Waals surface area contributed by atoms with E-state index in [1.54, 1.807) is 13.8 Å². The number of aliphatic hydroxyl groups is 3. The number of rotatable bonds is 7. The van der Waals surface area contributed by atoms with Crippen molar-refractivity contribution in [3.05, 3.63) is 23.8 Å². The molecule has 13 N–H and O–H groups in total. The Kier molecular flexibility index (Phi) is 16.2. The molecule has 2 unspecified atom stereocenters. The molecule has 2 bridgehead atoms. The van der Waals surface area contributed by atoms with Crippen molar-refractivity contribution >= 4 is 75.3 Å². The van der Waals surface area contributed by atoms with Crippen LogP contribution >= 0.6 is 0 Å². The summed E-state index contributed by atoms with van der Waals surface area (Å²) >= 11 is -2.41. The van der Waals surface area contributed by atoms with Gasteiger partial charge in [-0.15, -0.1) is 0 Å². The zero-order valence-corrected chi connectivity index (χ0v) is 35.9. The summed E-state index contributed by atoms with van der Waals surface area (Å²) in [6.45, 7) is 1.64. The fraction of sp³-hybridized carbons (Fsp3) is 0.564. The van der Waals surface area contributed by atoms with Gasteiger partial charge < -0.3 is 77.2 Å². The van der Waals surface area contributed by atoms with Crippen molar-refractivity contribution in [3.63, 3.8) is 0 Å². The van der Waals surface area contributed by atoms with E-state index in [4.69, 9.17) is 0 Å². The third-order valence-electron chi connectivity index (χ3n) is 11.5. The molecule has 64 heavy (non-hydrogen) atoms. The highest BCUT2D eigenvalue weighted by Gasteiger charge is 2.45. The monoisotopic (exact) mass is 919 g/mol. The molecule has 1 aromatic heterocycles. The van der Waals surface area contributed by atoms with Crippen molar-refractivity contribution in [1.82, 2.24) is 47.1 Å². The van der Waals surface area contributed by atoms with Crippen molar-refractivity contribution in [3.8, 4) is 5.75 Å². The molecule has 1 fully saturated rings.